The second-order valence-corrected chi connectivity index (χ2v) is 5.68. The molecule has 1 aromatic heterocycles. The van der Waals surface area contributed by atoms with Gasteiger partial charge in [0.15, 0.2) is 0 Å². The number of nitrogens with zero attached hydrogens (tertiary/aromatic N) is 2. The molecule has 1 aromatic rings. The van der Waals surface area contributed by atoms with Crippen LogP contribution in [0.5, 0.6) is 0 Å². The molecule has 1 N–H and O–H groups in total. The van der Waals surface area contributed by atoms with Crippen LogP contribution in [0.4, 0.5) is 0 Å². The number of aromatic nitrogens is 2. The molecule has 0 atom stereocenters. The molecule has 0 aromatic carbocycles. The van der Waals surface area contributed by atoms with Crippen LogP contribution in [0.15, 0.2) is 12.4 Å². The van der Waals surface area contributed by atoms with Crippen LogP contribution >= 0.6 is 0 Å². The molecule has 1 heterocycles. The Bertz CT molecular complexity index is 436. The van der Waals surface area contributed by atoms with Crippen molar-refractivity contribution in [2.45, 2.75) is 51.0 Å². The Morgan fingerprint density at radius 2 is 2.20 bits per heavy atom. The van der Waals surface area contributed by atoms with Crippen LogP contribution in [-0.4, -0.2) is 34.4 Å². The van der Waals surface area contributed by atoms with Crippen molar-refractivity contribution in [1.29, 1.82) is 0 Å². The standard InChI is InChI=1S/C15H25N3O2/c1-3-9-20-15(7-5-4-6-8-15)12-16-14(19)13-10-17-18(2)11-13/h10-11H,3-9,12H2,1-2H3,(H,16,19). The Morgan fingerprint density at radius 1 is 1.45 bits per heavy atom. The molecule has 0 radical (unpaired) electrons. The summed E-state index contributed by atoms with van der Waals surface area (Å²) < 4.78 is 7.71. The minimum Gasteiger partial charge on any atom is -0.373 e. The van der Waals surface area contributed by atoms with Gasteiger partial charge in [-0.15, -0.1) is 0 Å². The van der Waals surface area contributed by atoms with Crippen molar-refractivity contribution < 1.29 is 9.53 Å². The lowest BCUT2D eigenvalue weighted by molar-refractivity contribution is -0.0669. The number of aryl methyl sites for hydroxylation is 1. The van der Waals surface area contributed by atoms with Crippen LogP contribution in [0.2, 0.25) is 0 Å². The van der Waals surface area contributed by atoms with Crippen molar-refractivity contribution in [3.63, 3.8) is 0 Å². The number of rotatable bonds is 6. The molecule has 1 saturated carbocycles. The van der Waals surface area contributed by atoms with Gasteiger partial charge < -0.3 is 10.1 Å². The van der Waals surface area contributed by atoms with E-state index >= 15 is 0 Å². The highest BCUT2D eigenvalue weighted by Gasteiger charge is 2.33. The van der Waals surface area contributed by atoms with Gasteiger partial charge in [0.05, 0.1) is 17.4 Å². The minimum absolute atomic E-state index is 0.0665. The van der Waals surface area contributed by atoms with Gasteiger partial charge in [0.25, 0.3) is 5.91 Å². The third-order valence-electron chi connectivity index (χ3n) is 3.92. The lowest BCUT2D eigenvalue weighted by atomic mass is 9.84. The topological polar surface area (TPSA) is 56.1 Å². The predicted molar refractivity (Wildman–Crippen MR) is 77.6 cm³/mol. The normalized spacial score (nSPS) is 17.9. The van der Waals surface area contributed by atoms with E-state index < -0.39 is 0 Å². The van der Waals surface area contributed by atoms with Crippen molar-refractivity contribution >= 4 is 5.91 Å². The highest BCUT2D eigenvalue weighted by atomic mass is 16.5. The Balaban J connectivity index is 1.92. The monoisotopic (exact) mass is 279 g/mol. The Hall–Kier alpha value is -1.36. The van der Waals surface area contributed by atoms with Crippen molar-refractivity contribution in [3.05, 3.63) is 18.0 Å². The van der Waals surface area contributed by atoms with E-state index in [4.69, 9.17) is 4.74 Å². The van der Waals surface area contributed by atoms with E-state index in [1.807, 2.05) is 7.05 Å². The maximum absolute atomic E-state index is 12.1. The molecule has 0 spiro atoms. The molecule has 0 unspecified atom stereocenters. The van der Waals surface area contributed by atoms with Crippen LogP contribution in [-0.2, 0) is 11.8 Å². The highest BCUT2D eigenvalue weighted by Crippen LogP contribution is 2.31. The van der Waals surface area contributed by atoms with Crippen LogP contribution in [0, 0.1) is 0 Å². The van der Waals surface area contributed by atoms with Crippen LogP contribution in [0.1, 0.15) is 55.8 Å². The van der Waals surface area contributed by atoms with Gasteiger partial charge in [0, 0.05) is 26.4 Å². The quantitative estimate of drug-likeness (QED) is 0.869. The molecule has 1 amide bonds. The Labute approximate surface area is 120 Å². The van der Waals surface area contributed by atoms with Crippen molar-refractivity contribution in [2.75, 3.05) is 13.2 Å². The van der Waals surface area contributed by atoms with Gasteiger partial charge in [0.2, 0.25) is 0 Å². The minimum atomic E-state index is -0.161. The first-order valence-corrected chi connectivity index (χ1v) is 7.56. The van der Waals surface area contributed by atoms with E-state index in [2.05, 4.69) is 17.3 Å². The number of nitrogens with one attached hydrogen (secondary N) is 1. The SMILES string of the molecule is CCCOC1(CNC(=O)c2cnn(C)c2)CCCCC1. The summed E-state index contributed by atoms with van der Waals surface area (Å²) in [6.07, 6.45) is 10.1. The van der Waals surface area contributed by atoms with Gasteiger partial charge >= 0.3 is 0 Å². The predicted octanol–water partition coefficient (Wildman–Crippen LogP) is 2.28. The molecular formula is C15H25N3O2. The third-order valence-corrected chi connectivity index (χ3v) is 3.92. The summed E-state index contributed by atoms with van der Waals surface area (Å²) >= 11 is 0. The summed E-state index contributed by atoms with van der Waals surface area (Å²) in [5.41, 5.74) is 0.445. The highest BCUT2D eigenvalue weighted by molar-refractivity contribution is 5.93. The Morgan fingerprint density at radius 3 is 2.80 bits per heavy atom. The summed E-state index contributed by atoms with van der Waals surface area (Å²) in [7, 11) is 1.81. The van der Waals surface area contributed by atoms with E-state index in [9.17, 15) is 4.79 Å². The molecule has 1 aliphatic rings. The molecule has 0 saturated heterocycles. The summed E-state index contributed by atoms with van der Waals surface area (Å²) in [5, 5.41) is 7.04. The first-order valence-electron chi connectivity index (χ1n) is 7.56. The maximum atomic E-state index is 12.1. The average Bonchev–Trinajstić information content (AvgIpc) is 2.90. The number of amides is 1. The average molecular weight is 279 g/mol. The van der Waals surface area contributed by atoms with Gasteiger partial charge in [-0.3, -0.25) is 9.48 Å². The van der Waals surface area contributed by atoms with Crippen LogP contribution in [0.3, 0.4) is 0 Å². The summed E-state index contributed by atoms with van der Waals surface area (Å²) in [5.74, 6) is -0.0665. The lowest BCUT2D eigenvalue weighted by Gasteiger charge is -2.37. The van der Waals surface area contributed by atoms with E-state index in [1.165, 1.54) is 19.3 Å². The molecule has 5 nitrogen and oxygen atoms in total. The first kappa shape index (κ1) is 15.0. The number of hydrogen-bond donors (Lipinski definition) is 1. The van der Waals surface area contributed by atoms with E-state index in [-0.39, 0.29) is 11.5 Å². The summed E-state index contributed by atoms with van der Waals surface area (Å²) in [6, 6.07) is 0. The number of ether oxygens (including phenoxy) is 1. The van der Waals surface area contributed by atoms with Gasteiger partial charge in [-0.25, -0.2) is 0 Å². The van der Waals surface area contributed by atoms with Crippen LogP contribution < -0.4 is 5.32 Å². The Kier molecular flexibility index (Phi) is 5.17. The molecule has 1 aliphatic carbocycles. The lowest BCUT2D eigenvalue weighted by Crippen LogP contribution is -2.46. The van der Waals surface area contributed by atoms with Gasteiger partial charge in [0.1, 0.15) is 0 Å². The van der Waals surface area contributed by atoms with Crippen molar-refractivity contribution in [3.8, 4) is 0 Å². The number of carbonyl (C=O) groups excluding carboxylic acids is 1. The summed E-state index contributed by atoms with van der Waals surface area (Å²) in [6.45, 7) is 3.48. The number of hydrogen-bond acceptors (Lipinski definition) is 3. The second-order valence-electron chi connectivity index (χ2n) is 5.68. The fourth-order valence-electron chi connectivity index (χ4n) is 2.77. The number of carbonyl (C=O) groups is 1. The molecule has 112 valence electrons. The van der Waals surface area contributed by atoms with Gasteiger partial charge in [-0.1, -0.05) is 26.2 Å². The zero-order chi connectivity index (χ0) is 14.4. The van der Waals surface area contributed by atoms with Crippen molar-refractivity contribution in [2.24, 2.45) is 7.05 Å². The summed E-state index contributed by atoms with van der Waals surface area (Å²) in [4.78, 5) is 12.1. The molecule has 2 rings (SSSR count). The molecule has 1 fully saturated rings. The fraction of sp³-hybridized carbons (Fsp3) is 0.733. The van der Waals surface area contributed by atoms with Crippen molar-refractivity contribution in [1.82, 2.24) is 15.1 Å². The molecule has 0 bridgehead atoms. The smallest absolute Gasteiger partial charge is 0.254 e. The molecule has 20 heavy (non-hydrogen) atoms. The van der Waals surface area contributed by atoms with Crippen LogP contribution in [0.25, 0.3) is 0 Å². The molecule has 0 aliphatic heterocycles. The zero-order valence-corrected chi connectivity index (χ0v) is 12.5. The van der Waals surface area contributed by atoms with Gasteiger partial charge in [-0.05, 0) is 19.3 Å². The van der Waals surface area contributed by atoms with Gasteiger partial charge in [-0.2, -0.15) is 5.10 Å². The first-order chi connectivity index (χ1) is 9.65. The second kappa shape index (κ2) is 6.88. The van der Waals surface area contributed by atoms with E-state index in [0.29, 0.717) is 12.1 Å². The fourth-order valence-corrected chi connectivity index (χ4v) is 2.77. The third kappa shape index (κ3) is 3.82. The maximum Gasteiger partial charge on any atom is 0.254 e. The van der Waals surface area contributed by atoms with E-state index in [1.54, 1.807) is 17.1 Å². The van der Waals surface area contributed by atoms with E-state index in [0.717, 1.165) is 25.9 Å². The molecular weight excluding hydrogens is 254 g/mol. The zero-order valence-electron chi connectivity index (χ0n) is 12.5. The largest absolute Gasteiger partial charge is 0.373 e. The molecule has 5 heteroatoms.